The van der Waals surface area contributed by atoms with Gasteiger partial charge in [0.2, 0.25) is 16.9 Å². The minimum Gasteiger partial charge on any atom is -0.452 e. The average Bonchev–Trinajstić information content (AvgIpc) is 3.38. The molecule has 3 heterocycles. The second-order valence-electron chi connectivity index (χ2n) is 5.85. The Hall–Kier alpha value is -3.59. The van der Waals surface area contributed by atoms with E-state index >= 15 is 0 Å². The molecule has 0 spiro atoms. The van der Waals surface area contributed by atoms with Gasteiger partial charge in [-0.05, 0) is 30.5 Å². The van der Waals surface area contributed by atoms with E-state index in [-0.39, 0.29) is 18.1 Å². The van der Waals surface area contributed by atoms with Gasteiger partial charge in [0.15, 0.2) is 6.61 Å². The zero-order chi connectivity index (χ0) is 19.5. The minimum atomic E-state index is -0.850. The van der Waals surface area contributed by atoms with Gasteiger partial charge in [-0.15, -0.1) is 0 Å². The molecule has 3 aromatic heterocycles. The third-order valence-electron chi connectivity index (χ3n) is 3.87. The quantitative estimate of drug-likeness (QED) is 0.480. The van der Waals surface area contributed by atoms with Crippen LogP contribution in [0.2, 0.25) is 0 Å². The number of hydrogen-bond acceptors (Lipinski definition) is 8. The Morgan fingerprint density at radius 2 is 2.07 bits per heavy atom. The predicted molar refractivity (Wildman–Crippen MR) is 101 cm³/mol. The fourth-order valence-electron chi connectivity index (χ4n) is 2.53. The Kier molecular flexibility index (Phi) is 4.81. The van der Waals surface area contributed by atoms with E-state index in [9.17, 15) is 9.59 Å². The Bertz CT molecular complexity index is 1170. The first-order valence-corrected chi connectivity index (χ1v) is 9.25. The number of carbonyl (C=O) groups is 1. The molecule has 0 fully saturated rings. The van der Waals surface area contributed by atoms with Crippen LogP contribution in [-0.4, -0.2) is 25.9 Å². The number of nitrogens with zero attached hydrogens (tertiary/aromatic N) is 4. The van der Waals surface area contributed by atoms with Crippen LogP contribution in [0.3, 0.4) is 0 Å². The van der Waals surface area contributed by atoms with E-state index in [0.29, 0.717) is 11.6 Å². The van der Waals surface area contributed by atoms with Gasteiger partial charge < -0.3 is 9.26 Å². The molecule has 4 rings (SSSR count). The van der Waals surface area contributed by atoms with Crippen molar-refractivity contribution in [2.75, 3.05) is 0 Å². The first-order valence-electron chi connectivity index (χ1n) is 8.30. The maximum Gasteiger partial charge on any atom is 0.363 e. The van der Waals surface area contributed by atoms with Crippen LogP contribution in [-0.2, 0) is 11.3 Å². The van der Waals surface area contributed by atoms with E-state index in [1.165, 1.54) is 22.1 Å². The summed E-state index contributed by atoms with van der Waals surface area (Å²) in [6.45, 7) is 1.51. The van der Waals surface area contributed by atoms with Crippen LogP contribution in [0.15, 0.2) is 62.5 Å². The molecule has 0 amide bonds. The first kappa shape index (κ1) is 17.8. The molecule has 0 unspecified atom stereocenters. The van der Waals surface area contributed by atoms with Gasteiger partial charge in [-0.1, -0.05) is 23.4 Å². The van der Waals surface area contributed by atoms with Crippen LogP contribution >= 0.6 is 11.3 Å². The van der Waals surface area contributed by atoms with Gasteiger partial charge in [0, 0.05) is 17.1 Å². The van der Waals surface area contributed by atoms with E-state index in [1.807, 2.05) is 47.2 Å². The molecule has 0 N–H and O–H groups in total. The number of carbonyl (C=O) groups excluding carboxylic acids is 1. The lowest BCUT2D eigenvalue weighted by Crippen LogP contribution is -2.24. The van der Waals surface area contributed by atoms with Crippen molar-refractivity contribution in [1.29, 1.82) is 0 Å². The van der Waals surface area contributed by atoms with Crippen molar-refractivity contribution in [3.8, 4) is 17.1 Å². The Labute approximate surface area is 163 Å². The first-order chi connectivity index (χ1) is 13.6. The number of ether oxygens (including phenoxy) is 1. The molecular formula is C19H14N4O4S. The summed E-state index contributed by atoms with van der Waals surface area (Å²) < 4.78 is 11.8. The number of hydrogen-bond donors (Lipinski definition) is 0. The van der Waals surface area contributed by atoms with Crippen LogP contribution in [0, 0.1) is 6.92 Å². The maximum atomic E-state index is 12.4. The lowest BCUT2D eigenvalue weighted by molar-refractivity contribution is 0.0448. The normalized spacial score (nSPS) is 10.8. The Morgan fingerprint density at radius 1 is 1.25 bits per heavy atom. The highest BCUT2D eigenvalue weighted by Crippen LogP contribution is 2.20. The molecule has 0 aliphatic carbocycles. The number of para-hydroxylation sites is 1. The van der Waals surface area contributed by atoms with E-state index in [4.69, 9.17) is 9.26 Å². The molecule has 140 valence electrons. The topological polar surface area (TPSA) is 100 Å². The summed E-state index contributed by atoms with van der Waals surface area (Å²) in [5.41, 5.74) is 1.30. The van der Waals surface area contributed by atoms with Gasteiger partial charge in [0.25, 0.3) is 5.89 Å². The van der Waals surface area contributed by atoms with E-state index < -0.39 is 11.4 Å². The molecule has 0 saturated heterocycles. The molecule has 4 aromatic rings. The lowest BCUT2D eigenvalue weighted by Gasteiger charge is -2.10. The molecule has 0 radical (unpaired) electrons. The van der Waals surface area contributed by atoms with Crippen molar-refractivity contribution in [2.45, 2.75) is 13.5 Å². The third kappa shape index (κ3) is 3.60. The van der Waals surface area contributed by atoms with Gasteiger partial charge >= 0.3 is 5.97 Å². The zero-order valence-electron chi connectivity index (χ0n) is 14.7. The number of benzene rings is 1. The Balaban J connectivity index is 1.53. The summed E-state index contributed by atoms with van der Waals surface area (Å²) in [4.78, 5) is 28.8. The van der Waals surface area contributed by atoms with Crippen LogP contribution < -0.4 is 5.43 Å². The second kappa shape index (κ2) is 7.57. The number of aromatic nitrogens is 4. The van der Waals surface area contributed by atoms with Crippen molar-refractivity contribution < 1.29 is 14.1 Å². The van der Waals surface area contributed by atoms with Gasteiger partial charge in [0.05, 0.1) is 11.3 Å². The summed E-state index contributed by atoms with van der Waals surface area (Å²) >= 11 is 1.50. The molecule has 1 aromatic carbocycles. The number of rotatable bonds is 5. The standard InChI is InChI=1S/C19H14N4O4S/c1-12-9-15(24)17(21-23(12)14-5-3-2-4-6-14)19(25)26-10-16-20-18(27-22-16)13-7-8-28-11-13/h2-9,11H,10H2,1H3. The minimum absolute atomic E-state index is 0.199. The monoisotopic (exact) mass is 394 g/mol. The molecule has 0 aliphatic heterocycles. The summed E-state index contributed by atoms with van der Waals surface area (Å²) in [7, 11) is 0. The van der Waals surface area contributed by atoms with E-state index in [0.717, 1.165) is 11.3 Å². The summed E-state index contributed by atoms with van der Waals surface area (Å²) in [6, 6.07) is 12.4. The van der Waals surface area contributed by atoms with Gasteiger partial charge in [-0.25, -0.2) is 9.48 Å². The van der Waals surface area contributed by atoms with Gasteiger partial charge in [0.1, 0.15) is 0 Å². The highest BCUT2D eigenvalue weighted by atomic mass is 32.1. The summed E-state index contributed by atoms with van der Waals surface area (Å²) in [5.74, 6) is -0.311. The molecular weight excluding hydrogens is 380 g/mol. The molecule has 28 heavy (non-hydrogen) atoms. The highest BCUT2D eigenvalue weighted by molar-refractivity contribution is 7.08. The Morgan fingerprint density at radius 3 is 2.82 bits per heavy atom. The van der Waals surface area contributed by atoms with Gasteiger partial charge in [-0.3, -0.25) is 4.79 Å². The van der Waals surface area contributed by atoms with Crippen LogP contribution in [0.4, 0.5) is 0 Å². The van der Waals surface area contributed by atoms with Crippen molar-refractivity contribution in [2.24, 2.45) is 0 Å². The zero-order valence-corrected chi connectivity index (χ0v) is 15.5. The van der Waals surface area contributed by atoms with Crippen molar-refractivity contribution in [3.05, 3.63) is 80.7 Å². The van der Waals surface area contributed by atoms with Crippen molar-refractivity contribution in [1.82, 2.24) is 19.9 Å². The molecule has 9 heteroatoms. The molecule has 0 saturated carbocycles. The number of thiophene rings is 1. The maximum absolute atomic E-state index is 12.4. The van der Waals surface area contributed by atoms with Crippen LogP contribution in [0.1, 0.15) is 22.0 Å². The summed E-state index contributed by atoms with van der Waals surface area (Å²) in [5, 5.41) is 11.7. The molecule has 0 atom stereocenters. The van der Waals surface area contributed by atoms with Crippen molar-refractivity contribution >= 4 is 17.3 Å². The van der Waals surface area contributed by atoms with Crippen LogP contribution in [0.25, 0.3) is 17.1 Å². The highest BCUT2D eigenvalue weighted by Gasteiger charge is 2.18. The fraction of sp³-hybridized carbons (Fsp3) is 0.105. The summed E-state index contributed by atoms with van der Waals surface area (Å²) in [6.07, 6.45) is 0. The molecule has 0 aliphatic rings. The number of esters is 1. The predicted octanol–water partition coefficient (Wildman–Crippen LogP) is 3.01. The fourth-order valence-corrected chi connectivity index (χ4v) is 3.16. The van der Waals surface area contributed by atoms with Gasteiger partial charge in [-0.2, -0.15) is 21.4 Å². The van der Waals surface area contributed by atoms with E-state index in [2.05, 4.69) is 15.2 Å². The average molecular weight is 394 g/mol. The third-order valence-corrected chi connectivity index (χ3v) is 4.55. The van der Waals surface area contributed by atoms with Crippen LogP contribution in [0.5, 0.6) is 0 Å². The largest absolute Gasteiger partial charge is 0.452 e. The SMILES string of the molecule is Cc1cc(=O)c(C(=O)OCc2noc(-c3ccsc3)n2)nn1-c1ccccc1. The number of aryl methyl sites for hydroxylation is 1. The lowest BCUT2D eigenvalue weighted by atomic mass is 10.3. The smallest absolute Gasteiger partial charge is 0.363 e. The molecule has 8 nitrogen and oxygen atoms in total. The molecule has 0 bridgehead atoms. The van der Waals surface area contributed by atoms with E-state index in [1.54, 1.807) is 6.92 Å². The second-order valence-corrected chi connectivity index (χ2v) is 6.63. The van der Waals surface area contributed by atoms with Crippen molar-refractivity contribution in [3.63, 3.8) is 0 Å².